The monoisotopic (exact) mass is 456 g/mol. The molecule has 172 valence electrons. The Morgan fingerprint density at radius 3 is 2.74 bits per heavy atom. The summed E-state index contributed by atoms with van der Waals surface area (Å²) in [6, 6.07) is 14.3. The van der Waals surface area contributed by atoms with Gasteiger partial charge in [-0.25, -0.2) is 4.98 Å². The van der Waals surface area contributed by atoms with Gasteiger partial charge in [0, 0.05) is 35.3 Å². The first-order valence-electron chi connectivity index (χ1n) is 10.9. The van der Waals surface area contributed by atoms with Gasteiger partial charge in [-0.15, -0.1) is 0 Å². The molecule has 9 heteroatoms. The lowest BCUT2D eigenvalue weighted by atomic mass is 10.0. The average Bonchev–Trinajstić information content (AvgIpc) is 3.17. The fourth-order valence-corrected chi connectivity index (χ4v) is 4.28. The highest BCUT2D eigenvalue weighted by Gasteiger charge is 2.38. The highest BCUT2D eigenvalue weighted by Crippen LogP contribution is 2.34. The number of ether oxygens (including phenoxy) is 1. The molecule has 3 heterocycles. The predicted octanol–water partition coefficient (Wildman–Crippen LogP) is 3.72. The van der Waals surface area contributed by atoms with Crippen molar-refractivity contribution in [2.45, 2.75) is 25.4 Å². The Morgan fingerprint density at radius 1 is 1.09 bits per heavy atom. The number of aromatic nitrogens is 2. The third kappa shape index (κ3) is 4.03. The highest BCUT2D eigenvalue weighted by molar-refractivity contribution is 6.03. The van der Waals surface area contributed by atoms with Crippen LogP contribution in [0.5, 0.6) is 5.75 Å². The minimum Gasteiger partial charge on any atom is -0.495 e. The van der Waals surface area contributed by atoms with Crippen molar-refractivity contribution in [2.75, 3.05) is 17.7 Å². The van der Waals surface area contributed by atoms with E-state index in [2.05, 4.69) is 32.5 Å². The Bertz CT molecular complexity index is 1290. The second kappa shape index (κ2) is 8.86. The van der Waals surface area contributed by atoms with Gasteiger partial charge in [-0.05, 0) is 43.2 Å². The summed E-state index contributed by atoms with van der Waals surface area (Å²) in [6.45, 7) is 4.17. The van der Waals surface area contributed by atoms with Crippen molar-refractivity contribution in [3.8, 4) is 5.75 Å². The lowest BCUT2D eigenvalue weighted by Gasteiger charge is -2.31. The molecule has 1 fully saturated rings. The van der Waals surface area contributed by atoms with E-state index in [1.54, 1.807) is 30.3 Å². The zero-order valence-electron chi connectivity index (χ0n) is 18.7. The quantitative estimate of drug-likeness (QED) is 0.519. The molecule has 2 aromatic carbocycles. The van der Waals surface area contributed by atoms with Crippen molar-refractivity contribution in [2.24, 2.45) is 0 Å². The second-order valence-corrected chi connectivity index (χ2v) is 8.13. The summed E-state index contributed by atoms with van der Waals surface area (Å²) < 4.78 is 5.37. The third-order valence-corrected chi connectivity index (χ3v) is 5.97. The molecule has 1 atom stereocenters. The number of methoxy groups -OCH3 is 1. The molecule has 1 saturated heterocycles. The summed E-state index contributed by atoms with van der Waals surface area (Å²) in [7, 11) is 1.60. The number of carbonyl (C=O) groups is 2. The molecular weight excluding hydrogens is 432 g/mol. The Kier molecular flexibility index (Phi) is 5.59. The van der Waals surface area contributed by atoms with Gasteiger partial charge in [0.05, 0.1) is 12.8 Å². The molecule has 0 saturated carbocycles. The number of piperidine rings is 1. The first-order chi connectivity index (χ1) is 16.5. The van der Waals surface area contributed by atoms with E-state index in [0.717, 1.165) is 16.9 Å². The van der Waals surface area contributed by atoms with Crippen molar-refractivity contribution in [1.82, 2.24) is 20.2 Å². The molecule has 9 nitrogen and oxygen atoms in total. The van der Waals surface area contributed by atoms with Crippen LogP contribution in [0.2, 0.25) is 0 Å². The maximum atomic E-state index is 13.1. The molecule has 0 bridgehead atoms. The summed E-state index contributed by atoms with van der Waals surface area (Å²) in [4.78, 5) is 36.1. The number of fused-ring (bicyclic) bond motifs is 1. The molecule has 0 spiro atoms. The predicted molar refractivity (Wildman–Crippen MR) is 128 cm³/mol. The van der Waals surface area contributed by atoms with E-state index in [-0.39, 0.29) is 11.8 Å². The van der Waals surface area contributed by atoms with E-state index < -0.39 is 6.04 Å². The van der Waals surface area contributed by atoms with Crippen LogP contribution < -0.4 is 20.7 Å². The van der Waals surface area contributed by atoms with Gasteiger partial charge in [-0.3, -0.25) is 9.59 Å². The van der Waals surface area contributed by atoms with Crippen LogP contribution in [0.4, 0.5) is 23.1 Å². The van der Waals surface area contributed by atoms with Gasteiger partial charge >= 0.3 is 0 Å². The third-order valence-electron chi connectivity index (χ3n) is 5.97. The minimum absolute atomic E-state index is 0.146. The number of para-hydroxylation sites is 2. The molecular formula is C25H24N6O3. The van der Waals surface area contributed by atoms with Crippen LogP contribution in [0.3, 0.4) is 0 Å². The average molecular weight is 457 g/mol. The van der Waals surface area contributed by atoms with E-state index >= 15 is 0 Å². The fourth-order valence-electron chi connectivity index (χ4n) is 4.28. The van der Waals surface area contributed by atoms with E-state index in [9.17, 15) is 9.59 Å². The molecule has 5 rings (SSSR count). The van der Waals surface area contributed by atoms with E-state index in [4.69, 9.17) is 4.74 Å². The number of allylic oxidation sites excluding steroid dienone is 1. The van der Waals surface area contributed by atoms with Crippen LogP contribution in [0, 0.1) is 0 Å². The van der Waals surface area contributed by atoms with Gasteiger partial charge in [-0.2, -0.15) is 4.98 Å². The number of nitrogens with zero attached hydrogens (tertiary/aromatic N) is 3. The van der Waals surface area contributed by atoms with Gasteiger partial charge in [-0.1, -0.05) is 24.8 Å². The van der Waals surface area contributed by atoms with Crippen molar-refractivity contribution in [1.29, 1.82) is 0 Å². The lowest BCUT2D eigenvalue weighted by molar-refractivity contribution is -0.126. The van der Waals surface area contributed by atoms with Crippen LogP contribution in [0.1, 0.15) is 28.8 Å². The van der Waals surface area contributed by atoms with Gasteiger partial charge < -0.3 is 25.6 Å². The van der Waals surface area contributed by atoms with Crippen molar-refractivity contribution in [3.63, 3.8) is 0 Å². The topological polar surface area (TPSA) is 108 Å². The Hall–Kier alpha value is -4.40. The number of hydrogen-bond donors (Lipinski definition) is 3. The van der Waals surface area contributed by atoms with E-state index in [1.165, 1.54) is 0 Å². The first-order valence-corrected chi connectivity index (χ1v) is 10.9. The number of hydrogen-bond acceptors (Lipinski definition) is 7. The highest BCUT2D eigenvalue weighted by atomic mass is 16.5. The van der Waals surface area contributed by atoms with Crippen LogP contribution >= 0.6 is 0 Å². The lowest BCUT2D eigenvalue weighted by Crippen LogP contribution is -2.49. The standard InChI is InChI=1S/C25H24N6O3/c1-15-10-11-20(23(32)27-15)31-14-17-16(24(31)33)6-5-8-18(17)28-22-12-13-26-25(30-22)29-19-7-3-4-9-21(19)34-2/h3-9,12-13,20H,1,10-11,14H2,2H3,(H,27,32)(H2,26,28,29,30). The normalized spacial score (nSPS) is 17.3. The number of nitrogens with one attached hydrogen (secondary N) is 3. The van der Waals surface area contributed by atoms with Gasteiger partial charge in [0.15, 0.2) is 0 Å². The van der Waals surface area contributed by atoms with Crippen LogP contribution in [-0.2, 0) is 11.3 Å². The van der Waals surface area contributed by atoms with Gasteiger partial charge in [0.2, 0.25) is 11.9 Å². The van der Waals surface area contributed by atoms with Crippen LogP contribution in [-0.4, -0.2) is 39.8 Å². The maximum Gasteiger partial charge on any atom is 0.255 e. The van der Waals surface area contributed by atoms with Gasteiger partial charge in [0.1, 0.15) is 17.6 Å². The molecule has 2 aliphatic heterocycles. The molecule has 1 aromatic heterocycles. The molecule has 3 N–H and O–H groups in total. The molecule has 2 aliphatic rings. The van der Waals surface area contributed by atoms with Crippen LogP contribution in [0.25, 0.3) is 0 Å². The molecule has 1 unspecified atom stereocenters. The number of amides is 2. The molecule has 0 radical (unpaired) electrons. The summed E-state index contributed by atoms with van der Waals surface area (Å²) in [5.74, 6) is 1.32. The number of benzene rings is 2. The zero-order chi connectivity index (χ0) is 23.7. The Labute approximate surface area is 196 Å². The summed E-state index contributed by atoms with van der Waals surface area (Å²) in [6.07, 6.45) is 2.87. The van der Waals surface area contributed by atoms with Crippen molar-refractivity contribution >= 4 is 35.0 Å². The van der Waals surface area contributed by atoms with Crippen molar-refractivity contribution < 1.29 is 14.3 Å². The molecule has 2 amide bonds. The Balaban J connectivity index is 1.37. The summed E-state index contributed by atoms with van der Waals surface area (Å²) in [5, 5.41) is 9.24. The Morgan fingerprint density at radius 2 is 1.91 bits per heavy atom. The SMILES string of the molecule is C=C1CCC(N2Cc3c(Nc4ccnc(Nc5ccccc5OC)n4)cccc3C2=O)C(=O)N1. The second-order valence-electron chi connectivity index (χ2n) is 8.13. The fraction of sp³-hybridized carbons (Fsp3) is 0.200. The number of anilines is 4. The van der Waals surface area contributed by atoms with E-state index in [0.29, 0.717) is 48.2 Å². The molecule has 34 heavy (non-hydrogen) atoms. The van der Waals surface area contributed by atoms with Gasteiger partial charge in [0.25, 0.3) is 5.91 Å². The maximum absolute atomic E-state index is 13.1. The molecule has 0 aliphatic carbocycles. The first kappa shape index (κ1) is 21.4. The molecule has 3 aromatic rings. The number of rotatable bonds is 6. The van der Waals surface area contributed by atoms with Crippen molar-refractivity contribution in [3.05, 3.63) is 78.1 Å². The summed E-state index contributed by atoms with van der Waals surface area (Å²) >= 11 is 0. The zero-order valence-corrected chi connectivity index (χ0v) is 18.7. The number of carbonyl (C=O) groups excluding carboxylic acids is 2. The minimum atomic E-state index is -0.506. The van der Waals surface area contributed by atoms with E-state index in [1.807, 2.05) is 36.4 Å². The smallest absolute Gasteiger partial charge is 0.255 e. The largest absolute Gasteiger partial charge is 0.495 e. The summed E-state index contributed by atoms with van der Waals surface area (Å²) in [5.41, 5.74) is 3.62. The van der Waals surface area contributed by atoms with Crippen LogP contribution in [0.15, 0.2) is 67.0 Å².